The van der Waals surface area contributed by atoms with Gasteiger partial charge in [-0.25, -0.2) is 4.39 Å². The number of methoxy groups -OCH3 is 2. The molecule has 0 spiro atoms. The van der Waals surface area contributed by atoms with Gasteiger partial charge in [-0.1, -0.05) is 30.3 Å². The van der Waals surface area contributed by atoms with E-state index in [0.717, 1.165) is 17.9 Å². The molecule has 1 N–H and O–H groups in total. The van der Waals surface area contributed by atoms with Gasteiger partial charge < -0.3 is 24.3 Å². The highest BCUT2D eigenvalue weighted by atomic mass is 19.1. The Hall–Kier alpha value is -3.78. The van der Waals surface area contributed by atoms with E-state index in [4.69, 9.17) is 18.9 Å². The van der Waals surface area contributed by atoms with Crippen LogP contribution in [0, 0.1) is 17.7 Å². The molecule has 3 aromatic carbocycles. The van der Waals surface area contributed by atoms with E-state index < -0.39 is 0 Å². The summed E-state index contributed by atoms with van der Waals surface area (Å²) in [4.78, 5) is 15.4. The third-order valence-electron chi connectivity index (χ3n) is 6.53. The summed E-state index contributed by atoms with van der Waals surface area (Å²) < 4.78 is 36.0. The average molecular weight is 523 g/mol. The van der Waals surface area contributed by atoms with Crippen LogP contribution in [0.5, 0.6) is 23.0 Å². The summed E-state index contributed by atoms with van der Waals surface area (Å²) in [6.45, 7) is 3.24. The molecule has 1 heterocycles. The van der Waals surface area contributed by atoms with Crippen LogP contribution in [-0.4, -0.2) is 57.9 Å². The van der Waals surface area contributed by atoms with Crippen LogP contribution in [0.1, 0.15) is 12.0 Å². The molecular formula is C30H35FN2O5. The van der Waals surface area contributed by atoms with E-state index in [-0.39, 0.29) is 23.6 Å². The quantitative estimate of drug-likeness (QED) is 0.352. The van der Waals surface area contributed by atoms with Crippen molar-refractivity contribution >= 4 is 5.91 Å². The van der Waals surface area contributed by atoms with E-state index in [9.17, 15) is 9.18 Å². The van der Waals surface area contributed by atoms with Crippen LogP contribution in [0.25, 0.3) is 0 Å². The Labute approximate surface area is 223 Å². The third kappa shape index (κ3) is 7.86. The van der Waals surface area contributed by atoms with Crippen LogP contribution in [0.2, 0.25) is 0 Å². The number of rotatable bonds is 12. The molecule has 2 atom stereocenters. The highest BCUT2D eigenvalue weighted by Gasteiger charge is 2.32. The first-order valence-corrected chi connectivity index (χ1v) is 12.8. The third-order valence-corrected chi connectivity index (χ3v) is 6.53. The van der Waals surface area contributed by atoms with Gasteiger partial charge in [-0.15, -0.1) is 0 Å². The molecule has 1 amide bonds. The number of para-hydroxylation sites is 1. The van der Waals surface area contributed by atoms with Crippen LogP contribution >= 0.6 is 0 Å². The SMILES string of the molecule is COc1ccc(CN2C[C@@H](COc3cccc(F)c3)C[C@@H](C(=O)NCCOc3ccccc3)C2)cc1OC. The van der Waals surface area contributed by atoms with Crippen molar-refractivity contribution in [2.24, 2.45) is 11.8 Å². The van der Waals surface area contributed by atoms with Gasteiger partial charge in [-0.2, -0.15) is 0 Å². The number of benzene rings is 3. The first-order valence-electron chi connectivity index (χ1n) is 12.8. The fourth-order valence-corrected chi connectivity index (χ4v) is 4.75. The number of halogens is 1. The predicted octanol–water partition coefficient (Wildman–Crippen LogP) is 4.56. The molecule has 4 rings (SSSR count). The number of piperidine rings is 1. The first kappa shape index (κ1) is 27.3. The second-order valence-electron chi connectivity index (χ2n) is 9.40. The van der Waals surface area contributed by atoms with Gasteiger partial charge in [0.2, 0.25) is 5.91 Å². The van der Waals surface area contributed by atoms with Gasteiger partial charge in [0, 0.05) is 31.6 Å². The van der Waals surface area contributed by atoms with E-state index in [1.807, 2.05) is 48.5 Å². The number of carbonyl (C=O) groups excluding carboxylic acids is 1. The summed E-state index contributed by atoms with van der Waals surface area (Å²) in [5, 5.41) is 3.02. The highest BCUT2D eigenvalue weighted by molar-refractivity contribution is 5.79. The van der Waals surface area contributed by atoms with Crippen molar-refractivity contribution in [1.29, 1.82) is 0 Å². The molecule has 38 heavy (non-hydrogen) atoms. The maximum Gasteiger partial charge on any atom is 0.224 e. The lowest BCUT2D eigenvalue weighted by Crippen LogP contribution is -2.47. The number of ether oxygens (including phenoxy) is 4. The normalized spacial score (nSPS) is 17.4. The lowest BCUT2D eigenvalue weighted by molar-refractivity contribution is -0.127. The van der Waals surface area contributed by atoms with E-state index in [2.05, 4.69) is 10.2 Å². The number of carbonyl (C=O) groups is 1. The van der Waals surface area contributed by atoms with Gasteiger partial charge >= 0.3 is 0 Å². The molecule has 3 aromatic rings. The Bertz CT molecular complexity index is 1180. The Morgan fingerprint density at radius 3 is 2.47 bits per heavy atom. The summed E-state index contributed by atoms with van der Waals surface area (Å²) >= 11 is 0. The molecule has 0 aliphatic carbocycles. The van der Waals surface area contributed by atoms with Crippen LogP contribution in [0.3, 0.4) is 0 Å². The summed E-state index contributed by atoms with van der Waals surface area (Å²) in [6, 6.07) is 21.5. The molecule has 1 aliphatic heterocycles. The minimum absolute atomic E-state index is 0.00516. The van der Waals surface area contributed by atoms with Crippen LogP contribution in [0.15, 0.2) is 72.8 Å². The van der Waals surface area contributed by atoms with Crippen molar-refractivity contribution in [1.82, 2.24) is 10.2 Å². The minimum Gasteiger partial charge on any atom is -0.493 e. The van der Waals surface area contributed by atoms with E-state index in [1.54, 1.807) is 26.4 Å². The smallest absolute Gasteiger partial charge is 0.224 e. The highest BCUT2D eigenvalue weighted by Crippen LogP contribution is 2.30. The van der Waals surface area contributed by atoms with E-state index in [1.165, 1.54) is 12.1 Å². The van der Waals surface area contributed by atoms with Crippen molar-refractivity contribution < 1.29 is 28.1 Å². The largest absolute Gasteiger partial charge is 0.493 e. The summed E-state index contributed by atoms with van der Waals surface area (Å²) in [5.74, 6) is 2.15. The zero-order valence-electron chi connectivity index (χ0n) is 21.9. The number of hydrogen-bond donors (Lipinski definition) is 1. The lowest BCUT2D eigenvalue weighted by atomic mass is 9.88. The Balaban J connectivity index is 1.38. The molecule has 0 bridgehead atoms. The molecule has 1 fully saturated rings. The molecule has 0 unspecified atom stereocenters. The van der Waals surface area contributed by atoms with Gasteiger partial charge in [0.15, 0.2) is 11.5 Å². The second-order valence-corrected chi connectivity index (χ2v) is 9.40. The molecule has 0 aromatic heterocycles. The number of nitrogens with one attached hydrogen (secondary N) is 1. The van der Waals surface area contributed by atoms with E-state index >= 15 is 0 Å². The van der Waals surface area contributed by atoms with Crippen LogP contribution in [0.4, 0.5) is 4.39 Å². The topological polar surface area (TPSA) is 69.3 Å². The molecule has 202 valence electrons. The number of nitrogens with zero attached hydrogens (tertiary/aromatic N) is 1. The average Bonchev–Trinajstić information content (AvgIpc) is 2.94. The Morgan fingerprint density at radius 1 is 0.921 bits per heavy atom. The molecule has 8 heteroatoms. The second kappa shape index (κ2) is 13.7. The van der Waals surface area contributed by atoms with Gasteiger partial charge in [-0.05, 0) is 48.4 Å². The molecule has 7 nitrogen and oxygen atoms in total. The van der Waals surface area contributed by atoms with Gasteiger partial charge in [0.1, 0.15) is 23.9 Å². The van der Waals surface area contributed by atoms with Crippen LogP contribution in [-0.2, 0) is 11.3 Å². The van der Waals surface area contributed by atoms with Gasteiger partial charge in [-0.3, -0.25) is 9.69 Å². The van der Waals surface area contributed by atoms with Crippen molar-refractivity contribution in [2.45, 2.75) is 13.0 Å². The predicted molar refractivity (Wildman–Crippen MR) is 143 cm³/mol. The molecule has 1 aliphatic rings. The maximum atomic E-state index is 13.6. The van der Waals surface area contributed by atoms with Crippen molar-refractivity contribution in [3.8, 4) is 23.0 Å². The minimum atomic E-state index is -0.337. The summed E-state index contributed by atoms with van der Waals surface area (Å²) in [5.41, 5.74) is 1.06. The zero-order chi connectivity index (χ0) is 26.7. The number of likely N-dealkylation sites (tertiary alicyclic amines) is 1. The van der Waals surface area contributed by atoms with Gasteiger partial charge in [0.05, 0.1) is 33.3 Å². The monoisotopic (exact) mass is 522 g/mol. The molecule has 0 saturated carbocycles. The lowest BCUT2D eigenvalue weighted by Gasteiger charge is -2.37. The number of hydrogen-bond acceptors (Lipinski definition) is 6. The summed E-state index contributed by atoms with van der Waals surface area (Å²) in [6.07, 6.45) is 0.684. The fraction of sp³-hybridized carbons (Fsp3) is 0.367. The molecule has 0 radical (unpaired) electrons. The number of amides is 1. The van der Waals surface area contributed by atoms with Crippen molar-refractivity contribution in [3.05, 3.63) is 84.2 Å². The Kier molecular flexibility index (Phi) is 9.81. The zero-order valence-corrected chi connectivity index (χ0v) is 21.9. The van der Waals surface area contributed by atoms with Crippen LogP contribution < -0.4 is 24.3 Å². The Morgan fingerprint density at radius 2 is 1.71 bits per heavy atom. The maximum absolute atomic E-state index is 13.6. The summed E-state index contributed by atoms with van der Waals surface area (Å²) in [7, 11) is 3.23. The fourth-order valence-electron chi connectivity index (χ4n) is 4.75. The van der Waals surface area contributed by atoms with Gasteiger partial charge in [0.25, 0.3) is 0 Å². The molecule has 1 saturated heterocycles. The standard InChI is InChI=1S/C30H35FN2O5/c1-35-28-12-11-22(16-29(28)36-2)18-33-19-23(21-38-27-10-6-7-25(31)17-27)15-24(20-33)30(34)32-13-14-37-26-8-4-3-5-9-26/h3-12,16-17,23-24H,13-15,18-21H2,1-2H3,(H,32,34)/t23-,24+/m0/s1. The van der Waals surface area contributed by atoms with Crippen molar-refractivity contribution in [3.63, 3.8) is 0 Å². The first-order chi connectivity index (χ1) is 18.5. The molecular weight excluding hydrogens is 487 g/mol. The van der Waals surface area contributed by atoms with Crippen molar-refractivity contribution in [2.75, 3.05) is 47.1 Å². The van der Waals surface area contributed by atoms with E-state index in [0.29, 0.717) is 56.5 Å².